The van der Waals surface area contributed by atoms with E-state index < -0.39 is 0 Å². The largest absolute Gasteiger partial charge is 0.492 e. The summed E-state index contributed by atoms with van der Waals surface area (Å²) < 4.78 is 5.85. The second-order valence-electron chi connectivity index (χ2n) is 6.26. The van der Waals surface area contributed by atoms with Crippen LogP contribution in [0.5, 0.6) is 5.75 Å². The number of ketones is 1. The molecule has 1 N–H and O–H groups in total. The predicted molar refractivity (Wildman–Crippen MR) is 106 cm³/mol. The molecule has 2 aromatic carbocycles. The van der Waals surface area contributed by atoms with E-state index in [0.717, 1.165) is 39.2 Å². The van der Waals surface area contributed by atoms with E-state index in [1.807, 2.05) is 38.1 Å². The number of thioether (sulfide) groups is 1. The second-order valence-corrected chi connectivity index (χ2v) is 7.37. The Bertz CT molecular complexity index is 898. The Morgan fingerprint density at radius 1 is 1.12 bits per heavy atom. The maximum atomic E-state index is 12.6. The number of aromatic nitrogens is 1. The van der Waals surface area contributed by atoms with Gasteiger partial charge in [-0.25, -0.2) is 0 Å². The Morgan fingerprint density at radius 2 is 1.92 bits per heavy atom. The number of nitrogens with one attached hydrogen (secondary N) is 1. The summed E-state index contributed by atoms with van der Waals surface area (Å²) in [5, 5.41) is 1.01. The fourth-order valence-corrected chi connectivity index (χ4v) is 3.62. The average molecular weight is 353 g/mol. The van der Waals surface area contributed by atoms with E-state index in [4.69, 9.17) is 4.74 Å². The highest BCUT2D eigenvalue weighted by atomic mass is 32.2. The van der Waals surface area contributed by atoms with E-state index in [-0.39, 0.29) is 5.78 Å². The minimum absolute atomic E-state index is 0.173. The molecule has 0 aliphatic carbocycles. The van der Waals surface area contributed by atoms with Gasteiger partial charge in [-0.1, -0.05) is 30.3 Å². The third-order valence-corrected chi connectivity index (χ3v) is 5.16. The maximum Gasteiger partial charge on any atom is 0.175 e. The van der Waals surface area contributed by atoms with Gasteiger partial charge in [0.2, 0.25) is 0 Å². The molecule has 25 heavy (non-hydrogen) atoms. The predicted octanol–water partition coefficient (Wildman–Crippen LogP) is 5.09. The number of Topliss-reactive ketones (excluding diaryl/α,β-unsaturated/α-hetero) is 1. The van der Waals surface area contributed by atoms with Gasteiger partial charge in [0.25, 0.3) is 0 Å². The zero-order valence-corrected chi connectivity index (χ0v) is 15.7. The van der Waals surface area contributed by atoms with E-state index in [2.05, 4.69) is 30.1 Å². The van der Waals surface area contributed by atoms with Gasteiger partial charge in [0.1, 0.15) is 5.75 Å². The number of fused-ring (bicyclic) bond motifs is 1. The number of carbonyl (C=O) groups is 1. The number of ether oxygens (including phenoxy) is 1. The summed E-state index contributed by atoms with van der Waals surface area (Å²) in [6.45, 7) is 6.67. The van der Waals surface area contributed by atoms with Crippen LogP contribution in [0.2, 0.25) is 0 Å². The Kier molecular flexibility index (Phi) is 5.49. The zero-order chi connectivity index (χ0) is 17.8. The molecule has 3 rings (SSSR count). The molecule has 0 amide bonds. The van der Waals surface area contributed by atoms with Crippen LogP contribution in [-0.2, 0) is 0 Å². The molecule has 0 unspecified atom stereocenters. The molecule has 3 aromatic rings. The van der Waals surface area contributed by atoms with Crippen LogP contribution < -0.4 is 4.74 Å². The molecule has 3 nitrogen and oxygen atoms in total. The fraction of sp³-hybridized carbons (Fsp3) is 0.286. The van der Waals surface area contributed by atoms with Crippen LogP contribution in [0, 0.1) is 20.8 Å². The van der Waals surface area contributed by atoms with Crippen molar-refractivity contribution in [2.45, 2.75) is 20.8 Å². The van der Waals surface area contributed by atoms with E-state index >= 15 is 0 Å². The lowest BCUT2D eigenvalue weighted by Crippen LogP contribution is -2.07. The van der Waals surface area contributed by atoms with Gasteiger partial charge < -0.3 is 9.72 Å². The van der Waals surface area contributed by atoms with Crippen LogP contribution in [0.25, 0.3) is 10.9 Å². The monoisotopic (exact) mass is 353 g/mol. The number of aryl methyl sites for hydroxylation is 3. The summed E-state index contributed by atoms with van der Waals surface area (Å²) in [6, 6.07) is 14.2. The standard InChI is InChI=1S/C21H23NO2S/c1-14-8-9-15(2)20(12-14)24-10-11-25-13-19(23)21-16(3)22-18-7-5-4-6-17(18)21/h4-9,12,22H,10-11,13H2,1-3H3. The number of carbonyl (C=O) groups excluding carboxylic acids is 1. The molecule has 1 aromatic heterocycles. The van der Waals surface area contributed by atoms with Crippen LogP contribution >= 0.6 is 11.8 Å². The minimum Gasteiger partial charge on any atom is -0.492 e. The summed E-state index contributed by atoms with van der Waals surface area (Å²) in [5.41, 5.74) is 5.11. The normalized spacial score (nSPS) is 11.0. The Morgan fingerprint density at radius 3 is 2.76 bits per heavy atom. The first kappa shape index (κ1) is 17.6. The third-order valence-electron chi connectivity index (χ3n) is 4.23. The quantitative estimate of drug-likeness (QED) is 0.475. The van der Waals surface area contributed by atoms with Crippen molar-refractivity contribution in [1.29, 1.82) is 0 Å². The number of rotatable bonds is 7. The first-order chi connectivity index (χ1) is 12.1. The zero-order valence-electron chi connectivity index (χ0n) is 14.9. The number of para-hydroxylation sites is 1. The van der Waals surface area contributed by atoms with Gasteiger partial charge in [0, 0.05) is 27.9 Å². The summed E-state index contributed by atoms with van der Waals surface area (Å²) >= 11 is 1.62. The molecule has 0 radical (unpaired) electrons. The molecule has 0 atom stereocenters. The van der Waals surface area contributed by atoms with Crippen molar-refractivity contribution in [1.82, 2.24) is 4.98 Å². The highest BCUT2D eigenvalue weighted by Gasteiger charge is 2.15. The molecule has 1 heterocycles. The average Bonchev–Trinajstić information content (AvgIpc) is 2.93. The molecule has 0 bridgehead atoms. The maximum absolute atomic E-state index is 12.6. The molecular weight excluding hydrogens is 330 g/mol. The van der Waals surface area contributed by atoms with Crippen molar-refractivity contribution in [3.8, 4) is 5.75 Å². The lowest BCUT2D eigenvalue weighted by atomic mass is 10.1. The number of benzene rings is 2. The van der Waals surface area contributed by atoms with Crippen LogP contribution in [0.15, 0.2) is 42.5 Å². The molecule has 0 saturated carbocycles. The van der Waals surface area contributed by atoms with Gasteiger partial charge in [-0.3, -0.25) is 4.79 Å². The van der Waals surface area contributed by atoms with Gasteiger partial charge in [0.15, 0.2) is 5.78 Å². The summed E-state index contributed by atoms with van der Waals surface area (Å²) in [5.74, 6) is 2.37. The topological polar surface area (TPSA) is 42.1 Å². The highest BCUT2D eigenvalue weighted by Crippen LogP contribution is 2.24. The van der Waals surface area contributed by atoms with Crippen LogP contribution in [0.3, 0.4) is 0 Å². The van der Waals surface area contributed by atoms with E-state index in [1.54, 1.807) is 11.8 Å². The number of H-pyrrole nitrogens is 1. The van der Waals surface area contributed by atoms with Gasteiger partial charge in [-0.15, -0.1) is 0 Å². The first-order valence-electron chi connectivity index (χ1n) is 8.44. The van der Waals surface area contributed by atoms with Gasteiger partial charge in [-0.2, -0.15) is 11.8 Å². The molecule has 0 saturated heterocycles. The summed E-state index contributed by atoms with van der Waals surface area (Å²) in [4.78, 5) is 15.9. The molecule has 0 aliphatic rings. The van der Waals surface area contributed by atoms with E-state index in [1.165, 1.54) is 5.56 Å². The van der Waals surface area contributed by atoms with Crippen molar-refractivity contribution in [2.24, 2.45) is 0 Å². The van der Waals surface area contributed by atoms with E-state index in [0.29, 0.717) is 12.4 Å². The summed E-state index contributed by atoms with van der Waals surface area (Å²) in [7, 11) is 0. The van der Waals surface area contributed by atoms with Gasteiger partial charge >= 0.3 is 0 Å². The van der Waals surface area contributed by atoms with Crippen LogP contribution in [0.4, 0.5) is 0 Å². The highest BCUT2D eigenvalue weighted by molar-refractivity contribution is 8.00. The minimum atomic E-state index is 0.173. The molecule has 0 aliphatic heterocycles. The van der Waals surface area contributed by atoms with Crippen LogP contribution in [0.1, 0.15) is 27.2 Å². The number of aromatic amines is 1. The lowest BCUT2D eigenvalue weighted by Gasteiger charge is -2.09. The first-order valence-corrected chi connectivity index (χ1v) is 9.60. The van der Waals surface area contributed by atoms with Crippen molar-refractivity contribution >= 4 is 28.4 Å². The van der Waals surface area contributed by atoms with Crippen molar-refractivity contribution in [2.75, 3.05) is 18.1 Å². The number of hydrogen-bond donors (Lipinski definition) is 1. The fourth-order valence-electron chi connectivity index (χ4n) is 2.95. The number of hydrogen-bond acceptors (Lipinski definition) is 3. The van der Waals surface area contributed by atoms with Gasteiger partial charge in [-0.05, 0) is 44.0 Å². The molecular formula is C21H23NO2S. The molecule has 4 heteroatoms. The lowest BCUT2D eigenvalue weighted by molar-refractivity contribution is 0.102. The Hall–Kier alpha value is -2.20. The van der Waals surface area contributed by atoms with E-state index in [9.17, 15) is 4.79 Å². The van der Waals surface area contributed by atoms with Crippen molar-refractivity contribution in [3.63, 3.8) is 0 Å². The van der Waals surface area contributed by atoms with Gasteiger partial charge in [0.05, 0.1) is 12.4 Å². The molecule has 130 valence electrons. The van der Waals surface area contributed by atoms with Crippen molar-refractivity contribution < 1.29 is 9.53 Å². The van der Waals surface area contributed by atoms with Crippen molar-refractivity contribution in [3.05, 3.63) is 64.8 Å². The smallest absolute Gasteiger partial charge is 0.175 e. The Balaban J connectivity index is 1.53. The Labute approximate surface area is 152 Å². The molecule has 0 fully saturated rings. The summed E-state index contributed by atoms with van der Waals surface area (Å²) in [6.07, 6.45) is 0. The SMILES string of the molecule is Cc1ccc(C)c(OCCSCC(=O)c2c(C)[nH]c3ccccc23)c1. The van der Waals surface area contributed by atoms with Crippen LogP contribution in [-0.4, -0.2) is 28.9 Å². The third kappa shape index (κ3) is 4.07. The second kappa shape index (κ2) is 7.79. The molecule has 0 spiro atoms.